The van der Waals surface area contributed by atoms with Crippen LogP contribution in [0.5, 0.6) is 17.2 Å². The van der Waals surface area contributed by atoms with Crippen molar-refractivity contribution in [1.29, 1.82) is 5.26 Å². The minimum atomic E-state index is 0.400. The number of nitriles is 1. The third-order valence-electron chi connectivity index (χ3n) is 3.91. The molecular weight excluding hydrogens is 354 g/mol. The number of nitrogens with one attached hydrogen (secondary N) is 1. The molecule has 0 saturated heterocycles. The summed E-state index contributed by atoms with van der Waals surface area (Å²) >= 11 is 6.20. The van der Waals surface area contributed by atoms with Crippen molar-refractivity contribution in [3.8, 4) is 23.3 Å². The van der Waals surface area contributed by atoms with Crippen molar-refractivity contribution in [3.05, 3.63) is 47.1 Å². The van der Waals surface area contributed by atoms with Gasteiger partial charge in [0.15, 0.2) is 11.5 Å². The predicted octanol–water partition coefficient (Wildman–Crippen LogP) is 4.53. The quantitative estimate of drug-likeness (QED) is 0.712. The van der Waals surface area contributed by atoms with Crippen molar-refractivity contribution < 1.29 is 14.2 Å². The zero-order chi connectivity index (χ0) is 18.7. The summed E-state index contributed by atoms with van der Waals surface area (Å²) in [4.78, 5) is 4.34. The van der Waals surface area contributed by atoms with Gasteiger partial charge in [-0.1, -0.05) is 11.6 Å². The van der Waals surface area contributed by atoms with Crippen LogP contribution in [0.4, 0.5) is 11.4 Å². The highest BCUT2D eigenvalue weighted by Gasteiger charge is 2.14. The Bertz CT molecular complexity index is 1020. The van der Waals surface area contributed by atoms with E-state index in [2.05, 4.69) is 16.4 Å². The molecule has 26 heavy (non-hydrogen) atoms. The fourth-order valence-corrected chi connectivity index (χ4v) is 2.88. The highest BCUT2D eigenvalue weighted by Crippen LogP contribution is 2.37. The summed E-state index contributed by atoms with van der Waals surface area (Å²) in [7, 11) is 4.67. The normalized spacial score (nSPS) is 10.3. The molecular formula is C19H16ClN3O3. The lowest BCUT2D eigenvalue weighted by molar-refractivity contribution is 0.356. The van der Waals surface area contributed by atoms with Crippen LogP contribution in [0.15, 0.2) is 36.5 Å². The molecule has 3 aromatic rings. The van der Waals surface area contributed by atoms with Gasteiger partial charge in [0, 0.05) is 23.3 Å². The van der Waals surface area contributed by atoms with Crippen molar-refractivity contribution >= 4 is 33.9 Å². The number of ether oxygens (including phenoxy) is 3. The predicted molar refractivity (Wildman–Crippen MR) is 101 cm³/mol. The third kappa shape index (κ3) is 3.17. The highest BCUT2D eigenvalue weighted by molar-refractivity contribution is 6.32. The Labute approximate surface area is 155 Å². The largest absolute Gasteiger partial charge is 0.495 e. The number of rotatable bonds is 5. The van der Waals surface area contributed by atoms with Gasteiger partial charge in [-0.05, 0) is 24.3 Å². The van der Waals surface area contributed by atoms with E-state index in [1.165, 1.54) is 6.20 Å². The maximum atomic E-state index is 9.49. The van der Waals surface area contributed by atoms with Gasteiger partial charge >= 0.3 is 0 Å². The van der Waals surface area contributed by atoms with Crippen molar-refractivity contribution in [2.45, 2.75) is 0 Å². The first-order chi connectivity index (χ1) is 12.6. The van der Waals surface area contributed by atoms with Crippen molar-refractivity contribution in [2.24, 2.45) is 0 Å². The Morgan fingerprint density at radius 1 is 1.00 bits per heavy atom. The number of aromatic nitrogens is 1. The monoisotopic (exact) mass is 369 g/mol. The SMILES string of the molecule is COc1ccc(Nc2c(C#N)cnc3cc(OC)c(OC)cc23)cc1Cl. The number of anilines is 2. The van der Waals surface area contributed by atoms with Crippen LogP contribution in [0, 0.1) is 11.3 Å². The molecule has 2 aromatic carbocycles. The van der Waals surface area contributed by atoms with Crippen LogP contribution in [0.25, 0.3) is 10.9 Å². The summed E-state index contributed by atoms with van der Waals surface area (Å²) in [5.74, 6) is 1.69. The highest BCUT2D eigenvalue weighted by atomic mass is 35.5. The van der Waals surface area contributed by atoms with Gasteiger partial charge in [0.05, 0.1) is 43.1 Å². The zero-order valence-corrected chi connectivity index (χ0v) is 15.2. The topological polar surface area (TPSA) is 76.4 Å². The molecule has 0 spiro atoms. The van der Waals surface area contributed by atoms with E-state index in [1.807, 2.05) is 6.07 Å². The molecule has 0 bridgehead atoms. The van der Waals surface area contributed by atoms with Gasteiger partial charge in [0.25, 0.3) is 0 Å². The summed E-state index contributed by atoms with van der Waals surface area (Å²) in [5, 5.41) is 13.9. The average molecular weight is 370 g/mol. The minimum Gasteiger partial charge on any atom is -0.495 e. The number of methoxy groups -OCH3 is 3. The Hall–Kier alpha value is -3.17. The molecule has 132 valence electrons. The Balaban J connectivity index is 2.16. The van der Waals surface area contributed by atoms with Gasteiger partial charge < -0.3 is 19.5 Å². The molecule has 0 saturated carbocycles. The molecule has 0 aliphatic carbocycles. The van der Waals surface area contributed by atoms with Crippen LogP contribution in [0.2, 0.25) is 5.02 Å². The van der Waals surface area contributed by atoms with Gasteiger partial charge in [-0.3, -0.25) is 4.98 Å². The van der Waals surface area contributed by atoms with E-state index in [-0.39, 0.29) is 0 Å². The first-order valence-corrected chi connectivity index (χ1v) is 8.04. The van der Waals surface area contributed by atoms with Crippen LogP contribution in [-0.2, 0) is 0 Å². The van der Waals surface area contributed by atoms with Gasteiger partial charge in [-0.25, -0.2) is 0 Å². The maximum Gasteiger partial charge on any atom is 0.162 e. The van der Waals surface area contributed by atoms with Gasteiger partial charge in [-0.2, -0.15) is 5.26 Å². The Morgan fingerprint density at radius 3 is 2.31 bits per heavy atom. The second kappa shape index (κ2) is 7.38. The van der Waals surface area contributed by atoms with Crippen LogP contribution in [0.3, 0.4) is 0 Å². The molecule has 0 radical (unpaired) electrons. The standard InChI is InChI=1S/C19H16ClN3O3/c1-24-16-5-4-12(6-14(16)20)23-19-11(9-21)10-22-15-8-18(26-3)17(25-2)7-13(15)19/h4-8,10H,1-3H3,(H,22,23). The number of hydrogen-bond acceptors (Lipinski definition) is 6. The molecule has 0 aliphatic heterocycles. The molecule has 0 fully saturated rings. The molecule has 0 atom stereocenters. The molecule has 1 aromatic heterocycles. The number of hydrogen-bond donors (Lipinski definition) is 1. The molecule has 1 heterocycles. The molecule has 7 heteroatoms. The maximum absolute atomic E-state index is 9.49. The first kappa shape index (κ1) is 17.6. The average Bonchev–Trinajstić information content (AvgIpc) is 2.67. The van der Waals surface area contributed by atoms with E-state index < -0.39 is 0 Å². The summed E-state index contributed by atoms with van der Waals surface area (Å²) in [6.45, 7) is 0. The number of benzene rings is 2. The van der Waals surface area contributed by atoms with Gasteiger partial charge in [0.1, 0.15) is 11.8 Å². The summed E-state index contributed by atoms with van der Waals surface area (Å²) in [5.41, 5.74) is 2.40. The van der Waals surface area contributed by atoms with Crippen molar-refractivity contribution in [2.75, 3.05) is 26.6 Å². The Kier molecular flexibility index (Phi) is 5.01. The number of pyridine rings is 1. The van der Waals surface area contributed by atoms with Crippen LogP contribution in [-0.4, -0.2) is 26.3 Å². The Morgan fingerprint density at radius 2 is 1.69 bits per heavy atom. The third-order valence-corrected chi connectivity index (χ3v) is 4.21. The molecule has 1 N–H and O–H groups in total. The number of nitrogens with zero attached hydrogens (tertiary/aromatic N) is 2. The van der Waals surface area contributed by atoms with E-state index in [9.17, 15) is 5.26 Å². The molecule has 3 rings (SSSR count). The van der Waals surface area contributed by atoms with E-state index in [0.29, 0.717) is 39.0 Å². The summed E-state index contributed by atoms with van der Waals surface area (Å²) < 4.78 is 15.9. The minimum absolute atomic E-state index is 0.400. The van der Waals surface area contributed by atoms with E-state index in [4.69, 9.17) is 25.8 Å². The molecule has 6 nitrogen and oxygen atoms in total. The fourth-order valence-electron chi connectivity index (χ4n) is 2.63. The second-order valence-corrected chi connectivity index (χ2v) is 5.76. The fraction of sp³-hybridized carbons (Fsp3) is 0.158. The summed E-state index contributed by atoms with van der Waals surface area (Å²) in [6, 6.07) is 11.0. The van der Waals surface area contributed by atoms with Crippen molar-refractivity contribution in [3.63, 3.8) is 0 Å². The van der Waals surface area contributed by atoms with Gasteiger partial charge in [0.2, 0.25) is 0 Å². The van der Waals surface area contributed by atoms with E-state index in [1.54, 1.807) is 45.6 Å². The zero-order valence-electron chi connectivity index (χ0n) is 14.5. The van der Waals surface area contributed by atoms with E-state index >= 15 is 0 Å². The lowest BCUT2D eigenvalue weighted by Crippen LogP contribution is -1.99. The second-order valence-electron chi connectivity index (χ2n) is 5.36. The molecule has 0 amide bonds. The number of fused-ring (bicyclic) bond motifs is 1. The lowest BCUT2D eigenvalue weighted by atomic mass is 10.1. The lowest BCUT2D eigenvalue weighted by Gasteiger charge is -2.15. The van der Waals surface area contributed by atoms with Gasteiger partial charge in [-0.15, -0.1) is 0 Å². The smallest absolute Gasteiger partial charge is 0.162 e. The first-order valence-electron chi connectivity index (χ1n) is 7.66. The number of halogens is 1. The summed E-state index contributed by atoms with van der Waals surface area (Å²) in [6.07, 6.45) is 1.52. The van der Waals surface area contributed by atoms with Crippen LogP contribution >= 0.6 is 11.6 Å². The van der Waals surface area contributed by atoms with Crippen LogP contribution in [0.1, 0.15) is 5.56 Å². The molecule has 0 unspecified atom stereocenters. The van der Waals surface area contributed by atoms with Crippen LogP contribution < -0.4 is 19.5 Å². The van der Waals surface area contributed by atoms with E-state index in [0.717, 1.165) is 11.1 Å². The van der Waals surface area contributed by atoms with Crippen molar-refractivity contribution in [1.82, 2.24) is 4.98 Å². The molecule has 0 aliphatic rings.